The van der Waals surface area contributed by atoms with E-state index in [0.29, 0.717) is 28.1 Å². The van der Waals surface area contributed by atoms with E-state index in [4.69, 9.17) is 19.8 Å². The summed E-state index contributed by atoms with van der Waals surface area (Å²) in [4.78, 5) is 43.2. The number of pyridine rings is 1. The SMILES string of the molecule is COc1ccc2c(Oc3ccc(NC(=O)c4c(C)n(C[C@H](C)[C@](C)(N)C(=O)O)n(-c5ccccc5)c4=O)cc3F)ccnc2c1.Cc1ccc(S(=O)(=O)O)cc1. The molecular formula is C40H40FN5O9S. The van der Waals surface area contributed by atoms with E-state index in [1.807, 2.05) is 6.92 Å². The first-order valence-electron chi connectivity index (χ1n) is 17.1. The third kappa shape index (κ3) is 8.94. The number of hydrogen-bond donors (Lipinski definition) is 4. The van der Waals surface area contributed by atoms with Crippen LogP contribution >= 0.6 is 0 Å². The molecule has 0 aliphatic heterocycles. The van der Waals surface area contributed by atoms with Crippen LogP contribution in [0.4, 0.5) is 10.1 Å². The van der Waals surface area contributed by atoms with E-state index in [9.17, 15) is 27.9 Å². The maximum atomic E-state index is 15.2. The number of amides is 1. The molecule has 2 heterocycles. The van der Waals surface area contributed by atoms with Gasteiger partial charge in [0.05, 0.1) is 28.9 Å². The maximum absolute atomic E-state index is 15.2. The van der Waals surface area contributed by atoms with E-state index in [2.05, 4.69) is 10.3 Å². The van der Waals surface area contributed by atoms with Gasteiger partial charge in [-0.3, -0.25) is 28.6 Å². The quantitative estimate of drug-likeness (QED) is 0.106. The molecule has 6 aromatic rings. The van der Waals surface area contributed by atoms with E-state index in [1.54, 1.807) is 87.7 Å². The number of carbonyl (C=O) groups is 2. The number of nitrogens with zero attached hydrogens (tertiary/aromatic N) is 3. The van der Waals surface area contributed by atoms with Crippen LogP contribution in [0.15, 0.2) is 113 Å². The van der Waals surface area contributed by atoms with Crippen molar-refractivity contribution < 1.29 is 41.5 Å². The van der Waals surface area contributed by atoms with Crippen molar-refractivity contribution in [1.82, 2.24) is 14.3 Å². The summed E-state index contributed by atoms with van der Waals surface area (Å²) in [5.41, 5.74) is 6.09. The first-order valence-corrected chi connectivity index (χ1v) is 18.5. The van der Waals surface area contributed by atoms with Crippen molar-refractivity contribution in [3.05, 3.63) is 136 Å². The molecule has 56 heavy (non-hydrogen) atoms. The molecule has 0 fully saturated rings. The Morgan fingerprint density at radius 2 is 1.66 bits per heavy atom. The van der Waals surface area contributed by atoms with Crippen LogP contribution in [0.5, 0.6) is 17.2 Å². The minimum atomic E-state index is -4.02. The number of hydrogen-bond acceptors (Lipinski definition) is 9. The number of aliphatic carboxylic acids is 1. The van der Waals surface area contributed by atoms with Crippen LogP contribution in [-0.2, 0) is 21.5 Å². The summed E-state index contributed by atoms with van der Waals surface area (Å²) in [5.74, 6) is -2.42. The summed E-state index contributed by atoms with van der Waals surface area (Å²) in [6.45, 7) is 6.51. The molecule has 2 atom stereocenters. The lowest BCUT2D eigenvalue weighted by atomic mass is 9.88. The topological polar surface area (TPSA) is 205 Å². The number of para-hydroxylation sites is 1. The third-order valence-electron chi connectivity index (χ3n) is 9.19. The van der Waals surface area contributed by atoms with Gasteiger partial charge in [0.2, 0.25) is 0 Å². The number of nitrogens with one attached hydrogen (secondary N) is 1. The molecule has 0 aliphatic rings. The van der Waals surface area contributed by atoms with E-state index in [0.717, 1.165) is 11.6 Å². The number of fused-ring (bicyclic) bond motifs is 1. The van der Waals surface area contributed by atoms with E-state index in [-0.39, 0.29) is 34.1 Å². The van der Waals surface area contributed by atoms with Gasteiger partial charge >= 0.3 is 5.97 Å². The molecule has 4 aromatic carbocycles. The van der Waals surface area contributed by atoms with Gasteiger partial charge in [-0.25, -0.2) is 9.07 Å². The molecule has 0 aliphatic carbocycles. The highest BCUT2D eigenvalue weighted by Gasteiger charge is 2.36. The van der Waals surface area contributed by atoms with Crippen molar-refractivity contribution in [2.45, 2.75) is 44.7 Å². The van der Waals surface area contributed by atoms with Gasteiger partial charge in [0, 0.05) is 41.9 Å². The zero-order chi connectivity index (χ0) is 40.9. The smallest absolute Gasteiger partial charge is 0.323 e. The Hall–Kier alpha value is -6.36. The highest BCUT2D eigenvalue weighted by atomic mass is 32.2. The number of methoxy groups -OCH3 is 1. The van der Waals surface area contributed by atoms with Gasteiger partial charge in [0.25, 0.3) is 21.6 Å². The van der Waals surface area contributed by atoms with E-state index in [1.165, 1.54) is 46.7 Å². The van der Waals surface area contributed by atoms with Gasteiger partial charge in [-0.05, 0) is 75.4 Å². The van der Waals surface area contributed by atoms with Crippen molar-refractivity contribution in [3.63, 3.8) is 0 Å². The summed E-state index contributed by atoms with van der Waals surface area (Å²) in [5, 5.41) is 12.9. The maximum Gasteiger partial charge on any atom is 0.323 e. The fourth-order valence-electron chi connectivity index (χ4n) is 5.62. The monoisotopic (exact) mass is 785 g/mol. The van der Waals surface area contributed by atoms with Gasteiger partial charge in [0.1, 0.15) is 22.6 Å². The lowest BCUT2D eigenvalue weighted by Gasteiger charge is -2.28. The molecular weight excluding hydrogens is 746 g/mol. The van der Waals surface area contributed by atoms with Crippen molar-refractivity contribution in [3.8, 4) is 22.9 Å². The summed E-state index contributed by atoms with van der Waals surface area (Å²) in [6.07, 6.45) is 1.54. The zero-order valence-electron chi connectivity index (χ0n) is 31.1. The normalized spacial score (nSPS) is 12.9. The molecule has 0 saturated carbocycles. The Labute approximate surface area is 321 Å². The summed E-state index contributed by atoms with van der Waals surface area (Å²) < 4.78 is 58.7. The number of anilines is 1. The molecule has 5 N–H and O–H groups in total. The van der Waals surface area contributed by atoms with Gasteiger partial charge < -0.3 is 25.6 Å². The van der Waals surface area contributed by atoms with Crippen molar-refractivity contribution >= 4 is 38.6 Å². The fraction of sp³-hybridized carbons (Fsp3) is 0.200. The Kier molecular flexibility index (Phi) is 12.1. The average Bonchev–Trinajstić information content (AvgIpc) is 3.40. The van der Waals surface area contributed by atoms with Gasteiger partial charge in [0.15, 0.2) is 11.6 Å². The van der Waals surface area contributed by atoms with E-state index >= 15 is 4.39 Å². The van der Waals surface area contributed by atoms with Crippen LogP contribution in [0.25, 0.3) is 16.6 Å². The minimum absolute atomic E-state index is 0.0275. The van der Waals surface area contributed by atoms with Crippen molar-refractivity contribution in [2.75, 3.05) is 12.4 Å². The second kappa shape index (κ2) is 16.6. The molecule has 16 heteroatoms. The van der Waals surface area contributed by atoms with Gasteiger partial charge in [-0.2, -0.15) is 8.42 Å². The zero-order valence-corrected chi connectivity index (χ0v) is 31.9. The Morgan fingerprint density at radius 1 is 0.982 bits per heavy atom. The second-order valence-electron chi connectivity index (χ2n) is 13.2. The molecule has 1 amide bonds. The number of carboxylic acid groups (broad SMARTS) is 1. The van der Waals surface area contributed by atoms with Crippen molar-refractivity contribution in [1.29, 1.82) is 0 Å². The highest BCUT2D eigenvalue weighted by molar-refractivity contribution is 7.85. The summed E-state index contributed by atoms with van der Waals surface area (Å²) in [6, 6.07) is 25.4. The van der Waals surface area contributed by atoms with Crippen LogP contribution < -0.4 is 26.1 Å². The standard InChI is InChI=1S/C33H32FN5O6.C7H8O3S/c1-19(33(3,35)32(42)43)18-38-20(2)29(31(41)39(38)22-8-6-5-7-9-22)30(40)37-21-10-13-28(25(34)16-21)45-27-14-15-36-26-17-23(44-4)11-12-24(26)27;1-6-2-4-7(5-3-6)11(8,9)10/h5-17,19H,18,35H2,1-4H3,(H,37,40)(H,42,43);2-5H,1H3,(H,8,9,10)/t19-,33-;/m0./s1. The number of aromatic nitrogens is 3. The minimum Gasteiger partial charge on any atom is -0.497 e. The number of rotatable bonds is 11. The largest absolute Gasteiger partial charge is 0.497 e. The molecule has 0 bridgehead atoms. The summed E-state index contributed by atoms with van der Waals surface area (Å²) in [7, 11) is -2.47. The fourth-order valence-corrected chi connectivity index (χ4v) is 6.10. The molecule has 14 nitrogen and oxygen atoms in total. The Morgan fingerprint density at radius 3 is 2.27 bits per heavy atom. The Balaban J connectivity index is 0.000000470. The van der Waals surface area contributed by atoms with Crippen LogP contribution in [0.2, 0.25) is 0 Å². The van der Waals surface area contributed by atoms with Crippen molar-refractivity contribution in [2.24, 2.45) is 11.7 Å². The van der Waals surface area contributed by atoms with Crippen LogP contribution in [0.3, 0.4) is 0 Å². The first kappa shape index (κ1) is 40.8. The highest BCUT2D eigenvalue weighted by Crippen LogP contribution is 2.33. The molecule has 292 valence electrons. The number of halogens is 1. The summed E-state index contributed by atoms with van der Waals surface area (Å²) >= 11 is 0. The molecule has 2 aromatic heterocycles. The lowest BCUT2D eigenvalue weighted by Crippen LogP contribution is -2.52. The molecule has 6 rings (SSSR count). The first-order chi connectivity index (χ1) is 26.4. The lowest BCUT2D eigenvalue weighted by molar-refractivity contribution is -0.144. The predicted molar refractivity (Wildman–Crippen MR) is 208 cm³/mol. The second-order valence-corrected chi connectivity index (χ2v) is 14.6. The molecule has 0 spiro atoms. The van der Waals surface area contributed by atoms with E-state index < -0.39 is 44.8 Å². The number of carbonyl (C=O) groups excluding carboxylic acids is 1. The number of benzene rings is 4. The van der Waals surface area contributed by atoms with Gasteiger partial charge in [-0.1, -0.05) is 42.8 Å². The van der Waals surface area contributed by atoms with Crippen LogP contribution in [0, 0.1) is 25.6 Å². The third-order valence-corrected chi connectivity index (χ3v) is 10.1. The Bertz CT molecular complexity index is 2570. The number of aryl methyl sites for hydroxylation is 1. The van der Waals surface area contributed by atoms with Crippen LogP contribution in [0.1, 0.15) is 35.5 Å². The number of nitrogens with two attached hydrogens (primary N) is 1. The molecule has 0 saturated heterocycles. The molecule has 0 unspecified atom stereocenters. The predicted octanol–water partition coefficient (Wildman–Crippen LogP) is 6.37. The average molecular weight is 786 g/mol. The number of carboxylic acids is 1. The number of ether oxygens (including phenoxy) is 2. The molecule has 0 radical (unpaired) electrons. The van der Waals surface area contributed by atoms with Gasteiger partial charge in [-0.15, -0.1) is 0 Å². The van der Waals surface area contributed by atoms with Crippen LogP contribution in [-0.4, -0.2) is 56.9 Å².